The molecule has 3 aliphatic carbocycles. The van der Waals surface area contributed by atoms with E-state index in [2.05, 4.69) is 36.6 Å². The van der Waals surface area contributed by atoms with Gasteiger partial charge in [0.2, 0.25) is 5.72 Å². The number of amides is 1. The number of nitrogens with zero attached hydrogens (tertiary/aromatic N) is 1. The molecule has 2 saturated carbocycles. The Bertz CT molecular complexity index is 1690. The first-order chi connectivity index (χ1) is 22.9. The summed E-state index contributed by atoms with van der Waals surface area (Å²) < 4.78 is 63.2. The number of benzene rings is 2. The van der Waals surface area contributed by atoms with Crippen molar-refractivity contribution in [3.8, 4) is 0 Å². The Morgan fingerprint density at radius 1 is 1.08 bits per heavy atom. The minimum atomic E-state index is -4.93. The summed E-state index contributed by atoms with van der Waals surface area (Å²) in [7, 11) is 3.72. The molecule has 2 aromatic carbocycles. The van der Waals surface area contributed by atoms with Gasteiger partial charge in [0, 0.05) is 49.5 Å². The summed E-state index contributed by atoms with van der Waals surface area (Å²) in [6.07, 6.45) is 1.95. The number of esters is 1. The number of nitrogens with one attached hydrogen (secondary N) is 1. The second kappa shape index (κ2) is 11.9. The summed E-state index contributed by atoms with van der Waals surface area (Å²) in [4.78, 5) is 26.4. The van der Waals surface area contributed by atoms with Crippen molar-refractivity contribution in [2.24, 2.45) is 17.3 Å². The molecule has 7 rings (SSSR count). The van der Waals surface area contributed by atoms with Crippen LogP contribution in [0, 0.1) is 17.3 Å². The lowest BCUT2D eigenvalue weighted by atomic mass is 9.46. The Labute approximate surface area is 279 Å². The average Bonchev–Trinajstić information content (AvgIpc) is 3.35. The van der Waals surface area contributed by atoms with Gasteiger partial charge in [-0.15, -0.1) is 0 Å². The van der Waals surface area contributed by atoms with E-state index >= 15 is 0 Å². The van der Waals surface area contributed by atoms with Crippen LogP contribution in [0.25, 0.3) is 6.08 Å². The molecule has 3 unspecified atom stereocenters. The number of hydrogen-bond acceptors (Lipinski definition) is 5. The maximum atomic E-state index is 14.6. The molecule has 1 N–H and O–H groups in total. The number of likely N-dealkylation sites (tertiary alicyclic amines) is 1. The number of alkyl halides is 3. The van der Waals surface area contributed by atoms with Gasteiger partial charge >= 0.3 is 12.1 Å². The SMILES string of the molecule is COC1=CC(OC(C)=O)=C2C[C@@H]3[C@@H]4CCC[C@@H]5OC1(NC(=O)C(=Cc1ccccc1)C(F)(F)F)C2[C@@]54CC[N+]3(C)CCc1ccccc1. The minimum absolute atomic E-state index is 0.134. The first-order valence-electron chi connectivity index (χ1n) is 16.8. The number of methoxy groups -OCH3 is 1. The second-order valence-electron chi connectivity index (χ2n) is 14.2. The summed E-state index contributed by atoms with van der Waals surface area (Å²) in [5.74, 6) is -1.69. The van der Waals surface area contributed by atoms with Crippen LogP contribution in [0.2, 0.25) is 0 Å². The Morgan fingerprint density at radius 3 is 2.46 bits per heavy atom. The van der Waals surface area contributed by atoms with Gasteiger partial charge in [-0.05, 0) is 35.6 Å². The first-order valence-corrected chi connectivity index (χ1v) is 16.8. The molecule has 0 aromatic heterocycles. The van der Waals surface area contributed by atoms with E-state index in [9.17, 15) is 22.8 Å². The van der Waals surface area contributed by atoms with E-state index in [1.54, 1.807) is 24.3 Å². The summed E-state index contributed by atoms with van der Waals surface area (Å²) in [6.45, 7) is 3.12. The fourth-order valence-corrected chi connectivity index (χ4v) is 9.83. The van der Waals surface area contributed by atoms with Crippen molar-refractivity contribution in [2.75, 3.05) is 27.2 Å². The predicted octanol–water partition coefficient (Wildman–Crippen LogP) is 6.47. The number of likely N-dealkylation sites (N-methyl/N-ethyl adjacent to an activating group) is 1. The largest absolute Gasteiger partial charge is 0.496 e. The summed E-state index contributed by atoms with van der Waals surface area (Å²) in [5.41, 5.74) is -1.19. The van der Waals surface area contributed by atoms with Crippen molar-refractivity contribution in [3.05, 3.63) is 101 Å². The highest BCUT2D eigenvalue weighted by molar-refractivity contribution is 5.99. The molecule has 2 saturated heterocycles. The Morgan fingerprint density at radius 2 is 1.79 bits per heavy atom. The first kappa shape index (κ1) is 32.6. The van der Waals surface area contributed by atoms with Crippen LogP contribution in [0.5, 0.6) is 0 Å². The molecular formula is C38H42F3N2O5+. The summed E-state index contributed by atoms with van der Waals surface area (Å²) in [6, 6.07) is 18.6. The molecule has 7 nitrogen and oxygen atoms in total. The number of carbonyl (C=O) groups is 2. The normalized spacial score (nSPS) is 33.8. The van der Waals surface area contributed by atoms with E-state index in [1.807, 2.05) is 6.07 Å². The monoisotopic (exact) mass is 663 g/mol. The van der Waals surface area contributed by atoms with Crippen molar-refractivity contribution in [1.82, 2.24) is 5.32 Å². The number of rotatable bonds is 8. The zero-order valence-corrected chi connectivity index (χ0v) is 27.5. The molecule has 1 spiro atoms. The lowest BCUT2D eigenvalue weighted by Crippen LogP contribution is -2.72. The van der Waals surface area contributed by atoms with Gasteiger partial charge in [-0.2, -0.15) is 13.2 Å². The molecule has 254 valence electrons. The van der Waals surface area contributed by atoms with Crippen LogP contribution in [0.15, 0.2) is 89.4 Å². The van der Waals surface area contributed by atoms with Gasteiger partial charge in [0.15, 0.2) is 5.76 Å². The molecule has 5 aliphatic rings. The average molecular weight is 664 g/mol. The van der Waals surface area contributed by atoms with Crippen molar-refractivity contribution < 1.29 is 41.5 Å². The predicted molar refractivity (Wildman–Crippen MR) is 172 cm³/mol. The van der Waals surface area contributed by atoms with Gasteiger partial charge in [0.05, 0.1) is 39.4 Å². The standard InChI is InChI=1S/C38H41F3N2O5/c1-24(44)47-31-23-33(46-3)37(42-35(45)29(38(39,40)41)21-26-13-8-5-9-14-26)34-27(31)22-30-28-15-10-16-32(48-37)36(28,34)18-20-43(30,2)19-17-25-11-6-4-7-12-25/h4-9,11-14,21,23,28,30,32,34H,10,15-20,22H2,1-3H3/p+1/t28-,30+,32-,34?,36+,37?,43?/m0/s1. The van der Waals surface area contributed by atoms with Gasteiger partial charge in [-0.25, -0.2) is 0 Å². The molecule has 7 atom stereocenters. The van der Waals surface area contributed by atoms with Crippen LogP contribution in [0.4, 0.5) is 13.2 Å². The van der Waals surface area contributed by atoms with Crippen molar-refractivity contribution in [1.29, 1.82) is 0 Å². The van der Waals surface area contributed by atoms with E-state index in [0.717, 1.165) is 54.9 Å². The fourth-order valence-electron chi connectivity index (χ4n) is 9.83. The van der Waals surface area contributed by atoms with Crippen LogP contribution in [0.3, 0.4) is 0 Å². The van der Waals surface area contributed by atoms with Gasteiger partial charge in [0.1, 0.15) is 11.3 Å². The van der Waals surface area contributed by atoms with Crippen LogP contribution in [-0.2, 0) is 30.2 Å². The number of quaternary nitrogens is 1. The zero-order chi connectivity index (χ0) is 33.9. The van der Waals surface area contributed by atoms with E-state index < -0.39 is 40.7 Å². The minimum Gasteiger partial charge on any atom is -0.496 e. The van der Waals surface area contributed by atoms with Gasteiger partial charge in [-0.3, -0.25) is 9.59 Å². The maximum absolute atomic E-state index is 14.6. The molecule has 48 heavy (non-hydrogen) atoms. The van der Waals surface area contributed by atoms with Crippen LogP contribution < -0.4 is 5.32 Å². The highest BCUT2D eigenvalue weighted by atomic mass is 19.4. The van der Waals surface area contributed by atoms with E-state index in [0.29, 0.717) is 18.6 Å². The third-order valence-electron chi connectivity index (χ3n) is 11.8. The van der Waals surface area contributed by atoms with E-state index in [1.165, 1.54) is 31.7 Å². The number of hydrogen-bond donors (Lipinski definition) is 1. The molecule has 2 bridgehead atoms. The van der Waals surface area contributed by atoms with Crippen molar-refractivity contribution in [3.63, 3.8) is 0 Å². The molecule has 4 fully saturated rings. The van der Waals surface area contributed by atoms with E-state index in [4.69, 9.17) is 14.2 Å². The van der Waals surface area contributed by atoms with Crippen LogP contribution in [-0.4, -0.2) is 67.7 Å². The van der Waals surface area contributed by atoms with Crippen LogP contribution >= 0.6 is 0 Å². The van der Waals surface area contributed by atoms with E-state index in [-0.39, 0.29) is 29.4 Å². The molecule has 0 radical (unpaired) electrons. The highest BCUT2D eigenvalue weighted by Gasteiger charge is 2.77. The molecular weight excluding hydrogens is 621 g/mol. The quantitative estimate of drug-likeness (QED) is 0.199. The van der Waals surface area contributed by atoms with Crippen LogP contribution in [0.1, 0.15) is 50.2 Å². The number of ether oxygens (including phenoxy) is 3. The molecule has 2 aromatic rings. The van der Waals surface area contributed by atoms with Crippen molar-refractivity contribution in [2.45, 2.75) is 69.5 Å². The Kier molecular flexibility index (Phi) is 8.10. The highest BCUT2D eigenvalue weighted by Crippen LogP contribution is 2.71. The number of halogens is 3. The number of carbonyl (C=O) groups excluding carboxylic acids is 2. The molecule has 1 amide bonds. The second-order valence-corrected chi connectivity index (χ2v) is 14.2. The maximum Gasteiger partial charge on any atom is 0.421 e. The third-order valence-corrected chi connectivity index (χ3v) is 11.8. The molecule has 10 heteroatoms. The lowest BCUT2D eigenvalue weighted by molar-refractivity contribution is -0.946. The Balaban J connectivity index is 1.33. The molecule has 2 heterocycles. The fraction of sp³-hybridized carbons (Fsp3) is 0.474. The van der Waals surface area contributed by atoms with Gasteiger partial charge in [0.25, 0.3) is 5.91 Å². The smallest absolute Gasteiger partial charge is 0.421 e. The summed E-state index contributed by atoms with van der Waals surface area (Å²) >= 11 is 0. The van der Waals surface area contributed by atoms with Gasteiger partial charge < -0.3 is 24.0 Å². The zero-order valence-electron chi connectivity index (χ0n) is 27.5. The third kappa shape index (κ3) is 5.19. The topological polar surface area (TPSA) is 73.9 Å². The van der Waals surface area contributed by atoms with Crippen molar-refractivity contribution >= 4 is 18.0 Å². The summed E-state index contributed by atoms with van der Waals surface area (Å²) in [5, 5.41) is 2.78. The molecule has 2 aliphatic heterocycles. The Hall–Kier alpha value is -3.89. The van der Waals surface area contributed by atoms with Gasteiger partial charge in [-0.1, -0.05) is 67.1 Å². The number of piperidine rings is 1. The number of allylic oxidation sites excluding steroid dienone is 1. The lowest BCUT2D eigenvalue weighted by Gasteiger charge is -2.64.